The zero-order valence-corrected chi connectivity index (χ0v) is 14.7. The molecule has 0 saturated carbocycles. The first-order valence-corrected chi connectivity index (χ1v) is 9.34. The van der Waals surface area contributed by atoms with E-state index in [-0.39, 0.29) is 4.90 Å². The van der Waals surface area contributed by atoms with E-state index in [0.717, 1.165) is 27.8 Å². The van der Waals surface area contributed by atoms with Gasteiger partial charge in [0.05, 0.1) is 11.5 Å². The van der Waals surface area contributed by atoms with E-state index in [1.807, 2.05) is 36.4 Å². The summed E-state index contributed by atoms with van der Waals surface area (Å²) >= 11 is 0. The van der Waals surface area contributed by atoms with Crippen molar-refractivity contribution < 1.29 is 13.2 Å². The third kappa shape index (κ3) is 3.96. The van der Waals surface area contributed by atoms with Crippen molar-refractivity contribution in [3.05, 3.63) is 78.4 Å². The normalized spacial score (nSPS) is 11.4. The zero-order chi connectivity index (χ0) is 17.9. The van der Waals surface area contributed by atoms with Gasteiger partial charge in [0.2, 0.25) is 10.0 Å². The predicted molar refractivity (Wildman–Crippen MR) is 99.4 cm³/mol. The Hall–Kier alpha value is -2.47. The average Bonchev–Trinajstić information content (AvgIpc) is 2.62. The minimum Gasteiger partial charge on any atom is -0.380 e. The largest absolute Gasteiger partial charge is 0.380 e. The van der Waals surface area contributed by atoms with Crippen molar-refractivity contribution in [2.75, 3.05) is 7.11 Å². The van der Waals surface area contributed by atoms with Crippen LogP contribution in [0.5, 0.6) is 0 Å². The van der Waals surface area contributed by atoms with E-state index < -0.39 is 10.0 Å². The van der Waals surface area contributed by atoms with Crippen LogP contribution in [-0.2, 0) is 21.4 Å². The summed E-state index contributed by atoms with van der Waals surface area (Å²) in [7, 11) is -2.01. The summed E-state index contributed by atoms with van der Waals surface area (Å²) in [6.07, 6.45) is 0. The zero-order valence-electron chi connectivity index (χ0n) is 13.8. The number of benzene rings is 3. The van der Waals surface area contributed by atoms with E-state index in [2.05, 4.69) is 12.1 Å². The molecule has 3 aromatic rings. The number of rotatable bonds is 5. The topological polar surface area (TPSA) is 69.4 Å². The van der Waals surface area contributed by atoms with Crippen LogP contribution in [0.4, 0.5) is 0 Å². The Kier molecular flexibility index (Phi) is 4.99. The van der Waals surface area contributed by atoms with Gasteiger partial charge in [-0.2, -0.15) is 0 Å². The van der Waals surface area contributed by atoms with Crippen LogP contribution in [0.1, 0.15) is 5.56 Å². The molecule has 25 heavy (non-hydrogen) atoms. The molecule has 0 atom stereocenters. The molecular formula is C20H19NO3S. The lowest BCUT2D eigenvalue weighted by molar-refractivity contribution is 0.185. The molecule has 0 saturated heterocycles. The Morgan fingerprint density at radius 1 is 0.800 bits per heavy atom. The summed E-state index contributed by atoms with van der Waals surface area (Å²) in [6.45, 7) is 0.580. The Morgan fingerprint density at radius 2 is 1.28 bits per heavy atom. The molecule has 0 amide bonds. The molecule has 0 aliphatic rings. The Bertz CT molecular complexity index is 963. The maximum absolute atomic E-state index is 11.4. The minimum absolute atomic E-state index is 0.109. The quantitative estimate of drug-likeness (QED) is 0.758. The number of sulfonamides is 1. The van der Waals surface area contributed by atoms with E-state index in [4.69, 9.17) is 9.88 Å². The standard InChI is InChI=1S/C20H19NO3S/c1-24-14-15-6-8-16(9-7-15)19-4-2-3-5-20(19)17-10-12-18(13-11-17)25(21,22)23/h2-13H,14H2,1H3,(H2,21,22,23). The minimum atomic E-state index is -3.69. The first kappa shape index (κ1) is 17.4. The maximum atomic E-state index is 11.4. The van der Waals surface area contributed by atoms with E-state index in [0.29, 0.717) is 6.61 Å². The molecule has 3 rings (SSSR count). The molecule has 2 N–H and O–H groups in total. The van der Waals surface area contributed by atoms with Crippen LogP contribution in [-0.4, -0.2) is 15.5 Å². The lowest BCUT2D eigenvalue weighted by Crippen LogP contribution is -2.11. The van der Waals surface area contributed by atoms with Crippen molar-refractivity contribution in [3.8, 4) is 22.3 Å². The molecule has 0 aliphatic heterocycles. The lowest BCUT2D eigenvalue weighted by Gasteiger charge is -2.11. The van der Waals surface area contributed by atoms with Crippen molar-refractivity contribution in [3.63, 3.8) is 0 Å². The maximum Gasteiger partial charge on any atom is 0.238 e. The summed E-state index contributed by atoms with van der Waals surface area (Å²) in [5.74, 6) is 0. The Morgan fingerprint density at radius 3 is 1.72 bits per heavy atom. The first-order valence-electron chi connectivity index (χ1n) is 7.79. The molecule has 0 heterocycles. The van der Waals surface area contributed by atoms with Gasteiger partial charge in [-0.15, -0.1) is 0 Å². The number of methoxy groups -OCH3 is 1. The highest BCUT2D eigenvalue weighted by atomic mass is 32.2. The smallest absolute Gasteiger partial charge is 0.238 e. The second kappa shape index (κ2) is 7.19. The number of ether oxygens (including phenoxy) is 1. The van der Waals surface area contributed by atoms with E-state index in [1.165, 1.54) is 12.1 Å². The Labute approximate surface area is 147 Å². The van der Waals surface area contributed by atoms with E-state index >= 15 is 0 Å². The first-order chi connectivity index (χ1) is 12.0. The molecule has 5 heteroatoms. The summed E-state index contributed by atoms with van der Waals surface area (Å²) in [4.78, 5) is 0.109. The lowest BCUT2D eigenvalue weighted by atomic mass is 9.94. The molecule has 0 bridgehead atoms. The molecule has 0 aromatic heterocycles. The third-order valence-corrected chi connectivity index (χ3v) is 4.93. The van der Waals surface area contributed by atoms with Gasteiger partial charge < -0.3 is 4.74 Å². The molecule has 0 fully saturated rings. The highest BCUT2D eigenvalue weighted by Crippen LogP contribution is 2.32. The second-order valence-electron chi connectivity index (χ2n) is 5.74. The summed E-state index contributed by atoms with van der Waals surface area (Å²) in [5, 5.41) is 5.17. The molecule has 0 aliphatic carbocycles. The van der Waals surface area contributed by atoms with Gasteiger partial charge >= 0.3 is 0 Å². The molecule has 0 radical (unpaired) electrons. The molecule has 0 spiro atoms. The predicted octanol–water partition coefficient (Wildman–Crippen LogP) is 3.81. The average molecular weight is 353 g/mol. The molecular weight excluding hydrogens is 334 g/mol. The van der Waals surface area contributed by atoms with Crippen molar-refractivity contribution in [2.24, 2.45) is 5.14 Å². The van der Waals surface area contributed by atoms with Crippen LogP contribution in [0.25, 0.3) is 22.3 Å². The van der Waals surface area contributed by atoms with Crippen molar-refractivity contribution in [1.29, 1.82) is 0 Å². The van der Waals surface area contributed by atoms with Gasteiger partial charge in [-0.25, -0.2) is 13.6 Å². The molecule has 4 nitrogen and oxygen atoms in total. The summed E-state index contributed by atoms with van der Waals surface area (Å²) in [5.41, 5.74) is 5.24. The highest BCUT2D eigenvalue weighted by molar-refractivity contribution is 7.89. The molecule has 0 unspecified atom stereocenters. The highest BCUT2D eigenvalue weighted by Gasteiger charge is 2.10. The number of hydrogen-bond donors (Lipinski definition) is 1. The van der Waals surface area contributed by atoms with E-state index in [9.17, 15) is 8.42 Å². The van der Waals surface area contributed by atoms with Crippen LogP contribution >= 0.6 is 0 Å². The fourth-order valence-corrected chi connectivity index (χ4v) is 3.27. The van der Waals surface area contributed by atoms with Crippen LogP contribution in [0.2, 0.25) is 0 Å². The third-order valence-electron chi connectivity index (χ3n) is 4.00. The second-order valence-corrected chi connectivity index (χ2v) is 7.31. The monoisotopic (exact) mass is 353 g/mol. The van der Waals surface area contributed by atoms with Gasteiger partial charge in [-0.1, -0.05) is 60.7 Å². The van der Waals surface area contributed by atoms with Gasteiger partial charge in [0.1, 0.15) is 0 Å². The van der Waals surface area contributed by atoms with Crippen LogP contribution in [0.3, 0.4) is 0 Å². The van der Waals surface area contributed by atoms with Crippen LogP contribution < -0.4 is 5.14 Å². The summed E-state index contributed by atoms with van der Waals surface area (Å²) in [6, 6.07) is 22.8. The molecule has 3 aromatic carbocycles. The van der Waals surface area contributed by atoms with Gasteiger partial charge in [0.15, 0.2) is 0 Å². The van der Waals surface area contributed by atoms with Crippen LogP contribution in [0, 0.1) is 0 Å². The van der Waals surface area contributed by atoms with Crippen molar-refractivity contribution in [2.45, 2.75) is 11.5 Å². The van der Waals surface area contributed by atoms with Crippen LogP contribution in [0.15, 0.2) is 77.7 Å². The Balaban J connectivity index is 2.01. The van der Waals surface area contributed by atoms with Gasteiger partial charge in [0, 0.05) is 7.11 Å². The fourth-order valence-electron chi connectivity index (χ4n) is 2.76. The summed E-state index contributed by atoms with van der Waals surface area (Å²) < 4.78 is 28.0. The van der Waals surface area contributed by atoms with Crippen molar-refractivity contribution in [1.82, 2.24) is 0 Å². The van der Waals surface area contributed by atoms with Gasteiger partial charge in [-0.3, -0.25) is 0 Å². The van der Waals surface area contributed by atoms with E-state index in [1.54, 1.807) is 19.2 Å². The van der Waals surface area contributed by atoms with Crippen molar-refractivity contribution >= 4 is 10.0 Å². The number of hydrogen-bond acceptors (Lipinski definition) is 3. The SMILES string of the molecule is COCc1ccc(-c2ccccc2-c2ccc(S(N)(=O)=O)cc2)cc1. The van der Waals surface area contributed by atoms with Gasteiger partial charge in [0.25, 0.3) is 0 Å². The molecule has 128 valence electrons. The number of nitrogens with two attached hydrogens (primary N) is 1. The fraction of sp³-hybridized carbons (Fsp3) is 0.100. The van der Waals surface area contributed by atoms with Gasteiger partial charge in [-0.05, 0) is 39.9 Å². The number of primary sulfonamides is 1.